The number of rotatable bonds is 7. The Labute approximate surface area is 117 Å². The maximum Gasteiger partial charge on any atom is 0.228 e. The molecule has 1 atom stereocenters. The third-order valence-corrected chi connectivity index (χ3v) is 3.56. The largest absolute Gasteiger partial charge is 0.339 e. The summed E-state index contributed by atoms with van der Waals surface area (Å²) in [5.41, 5.74) is 1.01. The molecule has 0 saturated heterocycles. The van der Waals surface area contributed by atoms with Gasteiger partial charge in [0.25, 0.3) is 0 Å². The average Bonchev–Trinajstić information content (AvgIpc) is 2.97. The van der Waals surface area contributed by atoms with E-state index in [1.54, 1.807) is 11.3 Å². The summed E-state index contributed by atoms with van der Waals surface area (Å²) >= 11 is 1.64. The minimum Gasteiger partial charge on any atom is -0.339 e. The first-order valence-electron chi connectivity index (χ1n) is 6.63. The van der Waals surface area contributed by atoms with E-state index in [1.807, 2.05) is 12.3 Å². The van der Waals surface area contributed by atoms with Gasteiger partial charge in [0.2, 0.25) is 5.89 Å². The summed E-state index contributed by atoms with van der Waals surface area (Å²) in [5, 5.41) is 10.5. The van der Waals surface area contributed by atoms with Gasteiger partial charge in [0.15, 0.2) is 5.82 Å². The van der Waals surface area contributed by atoms with Crippen LogP contribution in [0.3, 0.4) is 0 Å². The molecule has 2 rings (SSSR count). The average molecular weight is 280 g/mol. The standard InChI is InChI=1S/C13H20N4OS/c1-4-5-14-9(2)6-13-16-12(17-18-13)7-11-8-19-10(3)15-11/h8-9,14H,4-7H2,1-3H3. The predicted molar refractivity (Wildman–Crippen MR) is 75.4 cm³/mol. The van der Waals surface area contributed by atoms with Gasteiger partial charge < -0.3 is 9.84 Å². The molecule has 6 heteroatoms. The van der Waals surface area contributed by atoms with Gasteiger partial charge in [-0.1, -0.05) is 12.1 Å². The summed E-state index contributed by atoms with van der Waals surface area (Å²) < 4.78 is 5.27. The van der Waals surface area contributed by atoms with Crippen LogP contribution in [0, 0.1) is 6.92 Å². The van der Waals surface area contributed by atoms with Crippen LogP contribution in [0.25, 0.3) is 0 Å². The number of hydrogen-bond acceptors (Lipinski definition) is 6. The quantitative estimate of drug-likeness (QED) is 0.843. The molecule has 2 heterocycles. The maximum absolute atomic E-state index is 5.27. The van der Waals surface area contributed by atoms with Gasteiger partial charge in [-0.25, -0.2) is 4.98 Å². The van der Waals surface area contributed by atoms with Gasteiger partial charge in [-0.15, -0.1) is 11.3 Å². The molecule has 0 aliphatic rings. The summed E-state index contributed by atoms with van der Waals surface area (Å²) in [5.74, 6) is 1.40. The first-order valence-corrected chi connectivity index (χ1v) is 7.51. The Morgan fingerprint density at radius 3 is 2.95 bits per heavy atom. The van der Waals surface area contributed by atoms with Crippen molar-refractivity contribution < 1.29 is 4.52 Å². The molecule has 2 aromatic heterocycles. The van der Waals surface area contributed by atoms with Crippen LogP contribution in [0.4, 0.5) is 0 Å². The van der Waals surface area contributed by atoms with Crippen LogP contribution in [0.1, 0.15) is 42.7 Å². The maximum atomic E-state index is 5.27. The van der Waals surface area contributed by atoms with E-state index in [0.29, 0.717) is 24.2 Å². The molecule has 0 radical (unpaired) electrons. The van der Waals surface area contributed by atoms with E-state index in [4.69, 9.17) is 4.52 Å². The van der Waals surface area contributed by atoms with Gasteiger partial charge in [-0.3, -0.25) is 0 Å². The molecule has 1 N–H and O–H groups in total. The molecule has 0 fully saturated rings. The number of nitrogens with zero attached hydrogens (tertiary/aromatic N) is 3. The molecule has 0 bridgehead atoms. The lowest BCUT2D eigenvalue weighted by molar-refractivity contribution is 0.358. The van der Waals surface area contributed by atoms with Crippen LogP contribution in [0.15, 0.2) is 9.90 Å². The van der Waals surface area contributed by atoms with Crippen molar-refractivity contribution in [1.29, 1.82) is 0 Å². The lowest BCUT2D eigenvalue weighted by Gasteiger charge is -2.09. The smallest absolute Gasteiger partial charge is 0.228 e. The van der Waals surface area contributed by atoms with Crippen LogP contribution < -0.4 is 5.32 Å². The van der Waals surface area contributed by atoms with Crippen molar-refractivity contribution >= 4 is 11.3 Å². The monoisotopic (exact) mass is 280 g/mol. The van der Waals surface area contributed by atoms with Crippen molar-refractivity contribution in [2.24, 2.45) is 0 Å². The second-order valence-corrected chi connectivity index (χ2v) is 5.76. The van der Waals surface area contributed by atoms with Crippen molar-refractivity contribution in [2.75, 3.05) is 6.54 Å². The predicted octanol–water partition coefficient (Wildman–Crippen LogP) is 2.36. The normalized spacial score (nSPS) is 12.8. The number of aromatic nitrogens is 3. The van der Waals surface area contributed by atoms with Crippen molar-refractivity contribution in [2.45, 2.75) is 46.1 Å². The van der Waals surface area contributed by atoms with Gasteiger partial charge in [0, 0.05) is 17.8 Å². The Bertz CT molecular complexity index is 508. The topological polar surface area (TPSA) is 63.8 Å². The van der Waals surface area contributed by atoms with E-state index in [9.17, 15) is 0 Å². The summed E-state index contributed by atoms with van der Waals surface area (Å²) in [7, 11) is 0. The highest BCUT2D eigenvalue weighted by Gasteiger charge is 2.11. The molecule has 0 aliphatic heterocycles. The number of thiazole rings is 1. The molecule has 2 aromatic rings. The fraction of sp³-hybridized carbons (Fsp3) is 0.615. The molecule has 5 nitrogen and oxygen atoms in total. The van der Waals surface area contributed by atoms with Gasteiger partial charge in [-0.2, -0.15) is 4.98 Å². The van der Waals surface area contributed by atoms with E-state index in [1.165, 1.54) is 0 Å². The fourth-order valence-corrected chi connectivity index (χ4v) is 2.43. The van der Waals surface area contributed by atoms with E-state index in [2.05, 4.69) is 34.3 Å². The Kier molecular flexibility index (Phi) is 5.04. The Morgan fingerprint density at radius 1 is 1.42 bits per heavy atom. The van der Waals surface area contributed by atoms with E-state index in [0.717, 1.165) is 30.1 Å². The molecule has 104 valence electrons. The molecular weight excluding hydrogens is 260 g/mol. The highest BCUT2D eigenvalue weighted by atomic mass is 32.1. The number of hydrogen-bond donors (Lipinski definition) is 1. The van der Waals surface area contributed by atoms with Crippen LogP contribution in [-0.2, 0) is 12.8 Å². The second kappa shape index (κ2) is 6.77. The molecule has 19 heavy (non-hydrogen) atoms. The second-order valence-electron chi connectivity index (χ2n) is 4.70. The lowest BCUT2D eigenvalue weighted by atomic mass is 10.2. The van der Waals surface area contributed by atoms with Crippen molar-refractivity contribution in [3.05, 3.63) is 27.8 Å². The summed E-state index contributed by atoms with van der Waals surface area (Å²) in [4.78, 5) is 8.81. The van der Waals surface area contributed by atoms with Crippen molar-refractivity contribution in [1.82, 2.24) is 20.4 Å². The number of aryl methyl sites for hydroxylation is 1. The van der Waals surface area contributed by atoms with Gasteiger partial charge in [0.05, 0.1) is 17.1 Å². The van der Waals surface area contributed by atoms with Crippen LogP contribution in [0.2, 0.25) is 0 Å². The molecule has 0 aliphatic carbocycles. The summed E-state index contributed by atoms with van der Waals surface area (Å²) in [6.07, 6.45) is 2.54. The molecule has 0 spiro atoms. The minimum absolute atomic E-state index is 0.356. The van der Waals surface area contributed by atoms with Crippen LogP contribution >= 0.6 is 11.3 Å². The zero-order valence-corrected chi connectivity index (χ0v) is 12.5. The van der Waals surface area contributed by atoms with Gasteiger partial charge in [-0.05, 0) is 26.8 Å². The Hall–Kier alpha value is -1.27. The first kappa shape index (κ1) is 14.1. The molecule has 0 amide bonds. The third-order valence-electron chi connectivity index (χ3n) is 2.74. The van der Waals surface area contributed by atoms with Crippen molar-refractivity contribution in [3.8, 4) is 0 Å². The van der Waals surface area contributed by atoms with E-state index >= 15 is 0 Å². The lowest BCUT2D eigenvalue weighted by Crippen LogP contribution is -2.28. The van der Waals surface area contributed by atoms with Gasteiger partial charge in [0.1, 0.15) is 0 Å². The van der Waals surface area contributed by atoms with Crippen LogP contribution in [-0.4, -0.2) is 27.7 Å². The Morgan fingerprint density at radius 2 is 2.26 bits per heavy atom. The SMILES string of the molecule is CCCNC(C)Cc1nc(Cc2csc(C)n2)no1. The molecule has 0 aromatic carbocycles. The first-order chi connectivity index (χ1) is 9.17. The summed E-state index contributed by atoms with van der Waals surface area (Å²) in [6.45, 7) is 7.29. The van der Waals surface area contributed by atoms with E-state index in [-0.39, 0.29) is 0 Å². The molecule has 1 unspecified atom stereocenters. The van der Waals surface area contributed by atoms with Crippen molar-refractivity contribution in [3.63, 3.8) is 0 Å². The molecular formula is C13H20N4OS. The fourth-order valence-electron chi connectivity index (χ4n) is 1.82. The highest BCUT2D eigenvalue weighted by Crippen LogP contribution is 2.11. The molecule has 0 saturated carbocycles. The van der Waals surface area contributed by atoms with Crippen LogP contribution in [0.5, 0.6) is 0 Å². The zero-order valence-electron chi connectivity index (χ0n) is 11.6. The van der Waals surface area contributed by atoms with Gasteiger partial charge >= 0.3 is 0 Å². The Balaban J connectivity index is 1.88. The minimum atomic E-state index is 0.356. The zero-order chi connectivity index (χ0) is 13.7. The number of nitrogens with one attached hydrogen (secondary N) is 1. The highest BCUT2D eigenvalue weighted by molar-refractivity contribution is 7.09. The summed E-state index contributed by atoms with van der Waals surface area (Å²) in [6, 6.07) is 0.356. The third kappa shape index (κ3) is 4.40. The van der Waals surface area contributed by atoms with E-state index < -0.39 is 0 Å².